The lowest BCUT2D eigenvalue weighted by Crippen LogP contribution is -2.22. The molecule has 0 aliphatic heterocycles. The lowest BCUT2D eigenvalue weighted by Gasteiger charge is -2.12. The zero-order chi connectivity index (χ0) is 18.8. The number of hydrogen-bond donors (Lipinski definition) is 0. The molecule has 1 heterocycles. The molecule has 0 spiro atoms. The van der Waals surface area contributed by atoms with E-state index < -0.39 is 0 Å². The standard InChI is InChI=1S/C22H14ClFN2O/c23-18-6-2-4-8-20(18)26-21(14-11-15-9-12-16(24)13-10-15)25-19-7-3-1-5-17(19)22(26)27/h1-14H/b14-11-. The van der Waals surface area contributed by atoms with Crippen molar-refractivity contribution >= 4 is 34.7 Å². The van der Waals surface area contributed by atoms with Crippen LogP contribution in [0.2, 0.25) is 5.02 Å². The summed E-state index contributed by atoms with van der Waals surface area (Å²) in [6.07, 6.45) is 3.51. The maximum atomic E-state index is 13.1. The first-order chi connectivity index (χ1) is 13.1. The molecule has 0 saturated carbocycles. The molecule has 4 rings (SSSR count). The zero-order valence-corrected chi connectivity index (χ0v) is 14.9. The Hall–Kier alpha value is -3.24. The largest absolute Gasteiger partial charge is 0.268 e. The van der Waals surface area contributed by atoms with Gasteiger partial charge in [0.2, 0.25) is 0 Å². The molecule has 4 aromatic rings. The SMILES string of the molecule is O=c1c2ccccc2nc(/C=C\c2ccc(F)cc2)n1-c1ccccc1Cl. The van der Waals surface area contributed by atoms with Crippen molar-refractivity contribution in [2.75, 3.05) is 0 Å². The molecule has 0 aliphatic carbocycles. The first-order valence-corrected chi connectivity index (χ1v) is 8.71. The third-order valence-corrected chi connectivity index (χ3v) is 4.51. The van der Waals surface area contributed by atoms with Crippen LogP contribution in [0.25, 0.3) is 28.7 Å². The second kappa shape index (κ2) is 7.17. The first kappa shape index (κ1) is 17.2. The van der Waals surface area contributed by atoms with E-state index in [4.69, 9.17) is 11.6 Å². The number of aromatic nitrogens is 2. The number of halogens is 2. The van der Waals surface area contributed by atoms with Gasteiger partial charge in [0, 0.05) is 0 Å². The molecule has 1 aromatic heterocycles. The Bertz CT molecular complexity index is 1210. The smallest absolute Gasteiger partial charge is 0.266 e. The highest BCUT2D eigenvalue weighted by Gasteiger charge is 2.13. The number of rotatable bonds is 3. The molecule has 27 heavy (non-hydrogen) atoms. The third kappa shape index (κ3) is 3.39. The van der Waals surface area contributed by atoms with E-state index in [1.807, 2.05) is 12.1 Å². The molecule has 132 valence electrons. The second-order valence-electron chi connectivity index (χ2n) is 5.96. The van der Waals surface area contributed by atoms with Crippen molar-refractivity contribution in [2.24, 2.45) is 0 Å². The summed E-state index contributed by atoms with van der Waals surface area (Å²) in [5.74, 6) is 0.139. The van der Waals surface area contributed by atoms with Crippen molar-refractivity contribution in [1.82, 2.24) is 9.55 Å². The van der Waals surface area contributed by atoms with Crippen LogP contribution < -0.4 is 5.56 Å². The van der Waals surface area contributed by atoms with Gasteiger partial charge in [-0.25, -0.2) is 9.37 Å². The summed E-state index contributed by atoms with van der Waals surface area (Å²) < 4.78 is 14.6. The fraction of sp³-hybridized carbons (Fsp3) is 0. The summed E-state index contributed by atoms with van der Waals surface area (Å²) in [5, 5.41) is 0.962. The molecular weight excluding hydrogens is 363 g/mol. The van der Waals surface area contributed by atoms with E-state index in [9.17, 15) is 9.18 Å². The number of fused-ring (bicyclic) bond motifs is 1. The quantitative estimate of drug-likeness (QED) is 0.483. The Morgan fingerprint density at radius 3 is 2.37 bits per heavy atom. The van der Waals surface area contributed by atoms with Crippen LogP contribution >= 0.6 is 11.6 Å². The van der Waals surface area contributed by atoms with Crippen molar-refractivity contribution in [1.29, 1.82) is 0 Å². The van der Waals surface area contributed by atoms with E-state index in [0.717, 1.165) is 5.56 Å². The fourth-order valence-electron chi connectivity index (χ4n) is 2.87. The van der Waals surface area contributed by atoms with Gasteiger partial charge in [-0.05, 0) is 48.0 Å². The predicted octanol–water partition coefficient (Wildman–Crippen LogP) is 5.35. The number of benzene rings is 3. The molecule has 0 N–H and O–H groups in total. The summed E-state index contributed by atoms with van der Waals surface area (Å²) >= 11 is 6.34. The molecule has 0 unspecified atom stereocenters. The van der Waals surface area contributed by atoms with Crippen molar-refractivity contribution in [2.45, 2.75) is 0 Å². The minimum atomic E-state index is -0.302. The Balaban J connectivity index is 1.95. The maximum absolute atomic E-state index is 13.1. The summed E-state index contributed by atoms with van der Waals surface area (Å²) in [5.41, 5.74) is 1.75. The van der Waals surface area contributed by atoms with Gasteiger partial charge in [0.15, 0.2) is 0 Å². The van der Waals surface area contributed by atoms with Crippen LogP contribution in [0.4, 0.5) is 4.39 Å². The van der Waals surface area contributed by atoms with Crippen LogP contribution in [-0.4, -0.2) is 9.55 Å². The highest BCUT2D eigenvalue weighted by Crippen LogP contribution is 2.22. The molecule has 3 nitrogen and oxygen atoms in total. The maximum Gasteiger partial charge on any atom is 0.266 e. The fourth-order valence-corrected chi connectivity index (χ4v) is 3.09. The second-order valence-corrected chi connectivity index (χ2v) is 6.37. The Labute approximate surface area is 160 Å². The molecule has 0 fully saturated rings. The predicted molar refractivity (Wildman–Crippen MR) is 108 cm³/mol. The molecule has 5 heteroatoms. The van der Waals surface area contributed by atoms with Crippen LogP contribution in [0, 0.1) is 5.82 Å². The average Bonchev–Trinajstić information content (AvgIpc) is 2.69. The van der Waals surface area contributed by atoms with Crippen LogP contribution in [0.1, 0.15) is 11.4 Å². The number of nitrogens with zero attached hydrogens (tertiary/aromatic N) is 2. The number of hydrogen-bond acceptors (Lipinski definition) is 2. The van der Waals surface area contributed by atoms with Crippen molar-refractivity contribution in [3.05, 3.63) is 105 Å². The van der Waals surface area contributed by atoms with Crippen molar-refractivity contribution in [3.8, 4) is 5.69 Å². The summed E-state index contributed by atoms with van der Waals surface area (Å²) in [6, 6.07) is 20.4. The molecule has 0 radical (unpaired) electrons. The van der Waals surface area contributed by atoms with Crippen molar-refractivity contribution in [3.63, 3.8) is 0 Å². The van der Waals surface area contributed by atoms with Crippen LogP contribution in [0.3, 0.4) is 0 Å². The van der Waals surface area contributed by atoms with E-state index in [1.54, 1.807) is 60.7 Å². The van der Waals surface area contributed by atoms with Gasteiger partial charge in [-0.15, -0.1) is 0 Å². The van der Waals surface area contributed by atoms with E-state index in [-0.39, 0.29) is 11.4 Å². The molecule has 0 saturated heterocycles. The van der Waals surface area contributed by atoms with Crippen LogP contribution in [0.15, 0.2) is 77.6 Å². The van der Waals surface area contributed by atoms with Crippen LogP contribution in [0.5, 0.6) is 0 Å². The zero-order valence-electron chi connectivity index (χ0n) is 14.1. The summed E-state index contributed by atoms with van der Waals surface area (Å²) in [7, 11) is 0. The van der Waals surface area contributed by atoms with E-state index in [2.05, 4.69) is 4.98 Å². The van der Waals surface area contributed by atoms with Gasteiger partial charge in [-0.3, -0.25) is 9.36 Å². The van der Waals surface area contributed by atoms with Crippen LogP contribution in [-0.2, 0) is 0 Å². The van der Waals surface area contributed by atoms with E-state index in [0.29, 0.717) is 27.4 Å². The minimum Gasteiger partial charge on any atom is -0.268 e. The topological polar surface area (TPSA) is 34.9 Å². The Morgan fingerprint density at radius 1 is 0.889 bits per heavy atom. The number of para-hydroxylation sites is 2. The van der Waals surface area contributed by atoms with Gasteiger partial charge < -0.3 is 0 Å². The van der Waals surface area contributed by atoms with E-state index >= 15 is 0 Å². The van der Waals surface area contributed by atoms with Gasteiger partial charge in [0.1, 0.15) is 11.6 Å². The molecule has 0 aliphatic rings. The minimum absolute atomic E-state index is 0.201. The highest BCUT2D eigenvalue weighted by molar-refractivity contribution is 6.32. The third-order valence-electron chi connectivity index (χ3n) is 4.19. The summed E-state index contributed by atoms with van der Waals surface area (Å²) in [6.45, 7) is 0. The molecular formula is C22H14ClFN2O. The Kier molecular flexibility index (Phi) is 4.57. The van der Waals surface area contributed by atoms with E-state index in [1.165, 1.54) is 16.7 Å². The van der Waals surface area contributed by atoms with Gasteiger partial charge in [0.05, 0.1) is 21.6 Å². The lowest BCUT2D eigenvalue weighted by atomic mass is 10.2. The molecule has 0 atom stereocenters. The Morgan fingerprint density at radius 2 is 1.59 bits per heavy atom. The monoisotopic (exact) mass is 376 g/mol. The summed E-state index contributed by atoms with van der Waals surface area (Å²) in [4.78, 5) is 17.8. The normalized spacial score (nSPS) is 11.3. The van der Waals surface area contributed by atoms with Gasteiger partial charge in [-0.1, -0.05) is 54.1 Å². The van der Waals surface area contributed by atoms with Gasteiger partial charge in [0.25, 0.3) is 5.56 Å². The first-order valence-electron chi connectivity index (χ1n) is 8.34. The average molecular weight is 377 g/mol. The van der Waals surface area contributed by atoms with Crippen molar-refractivity contribution < 1.29 is 4.39 Å². The lowest BCUT2D eigenvalue weighted by molar-refractivity contribution is 0.628. The van der Waals surface area contributed by atoms with Gasteiger partial charge >= 0.3 is 0 Å². The molecule has 0 amide bonds. The molecule has 0 bridgehead atoms. The molecule has 3 aromatic carbocycles. The highest BCUT2D eigenvalue weighted by atomic mass is 35.5. The van der Waals surface area contributed by atoms with Gasteiger partial charge in [-0.2, -0.15) is 0 Å².